The number of hydrogen-bond donors (Lipinski definition) is 1. The number of carbonyl (C=O) groups is 1. The predicted molar refractivity (Wildman–Crippen MR) is 97.9 cm³/mol. The van der Waals surface area contributed by atoms with Crippen LogP contribution in [-0.4, -0.2) is 48.6 Å². The number of benzene rings is 1. The molecule has 1 N–H and O–H groups in total. The molecule has 0 saturated carbocycles. The van der Waals surface area contributed by atoms with Gasteiger partial charge in [-0.25, -0.2) is 4.79 Å². The Morgan fingerprint density at radius 1 is 1.26 bits per heavy atom. The van der Waals surface area contributed by atoms with Crippen LogP contribution in [0.4, 0.5) is 4.79 Å². The molecule has 0 saturated heterocycles. The number of halogens is 1. The highest BCUT2D eigenvalue weighted by atomic mass is 35.5. The molecule has 23 heavy (non-hydrogen) atoms. The van der Waals surface area contributed by atoms with Crippen molar-refractivity contribution in [3.63, 3.8) is 0 Å². The van der Waals surface area contributed by atoms with Gasteiger partial charge in [0.15, 0.2) is 0 Å². The SMILES string of the molecule is CCN(Cc1ccccc1Cl)C(=O)NCCCCN(C)C(C)C. The molecule has 0 unspecified atom stereocenters. The van der Waals surface area contributed by atoms with E-state index in [2.05, 4.69) is 31.1 Å². The van der Waals surface area contributed by atoms with E-state index in [0.717, 1.165) is 24.9 Å². The van der Waals surface area contributed by atoms with Gasteiger partial charge in [-0.05, 0) is 58.8 Å². The first-order valence-electron chi connectivity index (χ1n) is 8.42. The van der Waals surface area contributed by atoms with Gasteiger partial charge in [0.1, 0.15) is 0 Å². The average molecular weight is 340 g/mol. The first-order chi connectivity index (χ1) is 11.0. The second kappa shape index (κ2) is 10.5. The Hall–Kier alpha value is -1.26. The van der Waals surface area contributed by atoms with Crippen LogP contribution in [-0.2, 0) is 6.54 Å². The van der Waals surface area contributed by atoms with Gasteiger partial charge in [-0.3, -0.25) is 0 Å². The maximum Gasteiger partial charge on any atom is 0.317 e. The van der Waals surface area contributed by atoms with Gasteiger partial charge in [-0.2, -0.15) is 0 Å². The van der Waals surface area contributed by atoms with Crippen molar-refractivity contribution in [3.8, 4) is 0 Å². The second-order valence-electron chi connectivity index (χ2n) is 6.12. The molecule has 0 radical (unpaired) electrons. The van der Waals surface area contributed by atoms with Gasteiger partial charge in [0.25, 0.3) is 0 Å². The molecule has 1 rings (SSSR count). The minimum absolute atomic E-state index is 0.0235. The van der Waals surface area contributed by atoms with E-state index in [0.29, 0.717) is 30.7 Å². The Morgan fingerprint density at radius 2 is 1.96 bits per heavy atom. The van der Waals surface area contributed by atoms with Gasteiger partial charge in [0, 0.05) is 30.7 Å². The van der Waals surface area contributed by atoms with E-state index in [-0.39, 0.29) is 6.03 Å². The van der Waals surface area contributed by atoms with E-state index in [9.17, 15) is 4.79 Å². The van der Waals surface area contributed by atoms with Crippen LogP contribution >= 0.6 is 11.6 Å². The number of nitrogens with one attached hydrogen (secondary N) is 1. The van der Waals surface area contributed by atoms with Crippen LogP contribution in [0.1, 0.15) is 39.2 Å². The Kier molecular flexibility index (Phi) is 9.03. The Bertz CT molecular complexity index is 479. The van der Waals surface area contributed by atoms with Gasteiger partial charge in [-0.15, -0.1) is 0 Å². The molecule has 0 fully saturated rings. The van der Waals surface area contributed by atoms with Crippen molar-refractivity contribution < 1.29 is 4.79 Å². The van der Waals surface area contributed by atoms with Gasteiger partial charge in [0.2, 0.25) is 0 Å². The van der Waals surface area contributed by atoms with Crippen LogP contribution in [0, 0.1) is 0 Å². The molecule has 0 aliphatic heterocycles. The zero-order chi connectivity index (χ0) is 17.2. The lowest BCUT2D eigenvalue weighted by Gasteiger charge is -2.23. The fraction of sp³-hybridized carbons (Fsp3) is 0.611. The van der Waals surface area contributed by atoms with Crippen molar-refractivity contribution in [1.82, 2.24) is 15.1 Å². The number of carbonyl (C=O) groups excluding carboxylic acids is 1. The summed E-state index contributed by atoms with van der Waals surface area (Å²) < 4.78 is 0. The Morgan fingerprint density at radius 3 is 2.57 bits per heavy atom. The fourth-order valence-electron chi connectivity index (χ4n) is 2.21. The zero-order valence-corrected chi connectivity index (χ0v) is 15.6. The summed E-state index contributed by atoms with van der Waals surface area (Å²) in [6, 6.07) is 8.20. The third kappa shape index (κ3) is 7.23. The number of nitrogens with zero attached hydrogens (tertiary/aromatic N) is 2. The highest BCUT2D eigenvalue weighted by Gasteiger charge is 2.12. The summed E-state index contributed by atoms with van der Waals surface area (Å²) in [6.45, 7) is 9.33. The van der Waals surface area contributed by atoms with E-state index in [1.807, 2.05) is 31.2 Å². The Balaban J connectivity index is 2.33. The molecule has 1 aromatic carbocycles. The lowest BCUT2D eigenvalue weighted by Crippen LogP contribution is -2.40. The monoisotopic (exact) mass is 339 g/mol. The summed E-state index contributed by atoms with van der Waals surface area (Å²) in [4.78, 5) is 16.4. The second-order valence-corrected chi connectivity index (χ2v) is 6.53. The van der Waals surface area contributed by atoms with Crippen molar-refractivity contribution >= 4 is 17.6 Å². The fourth-order valence-corrected chi connectivity index (χ4v) is 2.41. The third-order valence-electron chi connectivity index (χ3n) is 4.08. The van der Waals surface area contributed by atoms with E-state index < -0.39 is 0 Å². The minimum atomic E-state index is -0.0235. The predicted octanol–water partition coefficient (Wildman–Crippen LogP) is 3.99. The van der Waals surface area contributed by atoms with Crippen molar-refractivity contribution in [1.29, 1.82) is 0 Å². The lowest BCUT2D eigenvalue weighted by molar-refractivity contribution is 0.197. The highest BCUT2D eigenvalue weighted by molar-refractivity contribution is 6.31. The molecule has 4 nitrogen and oxygen atoms in total. The molecule has 0 heterocycles. The van der Waals surface area contributed by atoms with Crippen molar-refractivity contribution in [2.75, 3.05) is 26.7 Å². The summed E-state index contributed by atoms with van der Waals surface area (Å²) >= 11 is 6.17. The number of urea groups is 1. The standard InChI is InChI=1S/C18H30ClN3O/c1-5-22(14-16-10-6-7-11-17(16)19)18(23)20-12-8-9-13-21(4)15(2)3/h6-7,10-11,15H,5,8-9,12-14H2,1-4H3,(H,20,23). The maximum absolute atomic E-state index is 12.3. The molecule has 0 spiro atoms. The van der Waals surface area contributed by atoms with Crippen LogP contribution in [0.15, 0.2) is 24.3 Å². The first-order valence-corrected chi connectivity index (χ1v) is 8.80. The van der Waals surface area contributed by atoms with E-state index in [1.165, 1.54) is 0 Å². The van der Waals surface area contributed by atoms with Crippen LogP contribution in [0.5, 0.6) is 0 Å². The topological polar surface area (TPSA) is 35.6 Å². The zero-order valence-electron chi connectivity index (χ0n) is 14.8. The number of unbranched alkanes of at least 4 members (excludes halogenated alkanes) is 1. The molecular weight excluding hydrogens is 310 g/mol. The molecule has 2 amide bonds. The van der Waals surface area contributed by atoms with E-state index >= 15 is 0 Å². The first kappa shape index (κ1) is 19.8. The lowest BCUT2D eigenvalue weighted by atomic mass is 10.2. The quantitative estimate of drug-likeness (QED) is 0.690. The smallest absolute Gasteiger partial charge is 0.317 e. The van der Waals surface area contributed by atoms with Crippen LogP contribution in [0.25, 0.3) is 0 Å². The molecular formula is C18H30ClN3O. The van der Waals surface area contributed by atoms with Gasteiger partial charge < -0.3 is 15.1 Å². The van der Waals surface area contributed by atoms with Crippen molar-refractivity contribution in [3.05, 3.63) is 34.9 Å². The largest absolute Gasteiger partial charge is 0.338 e. The summed E-state index contributed by atoms with van der Waals surface area (Å²) in [5, 5.41) is 3.71. The average Bonchev–Trinajstić information content (AvgIpc) is 2.53. The number of rotatable bonds is 9. The molecule has 0 aliphatic carbocycles. The molecule has 0 aromatic heterocycles. The molecule has 0 atom stereocenters. The summed E-state index contributed by atoms with van der Waals surface area (Å²) in [6.07, 6.45) is 2.08. The number of hydrogen-bond acceptors (Lipinski definition) is 2. The van der Waals surface area contributed by atoms with E-state index in [4.69, 9.17) is 11.6 Å². The number of amides is 2. The molecule has 0 bridgehead atoms. The van der Waals surface area contributed by atoms with Crippen LogP contribution in [0.3, 0.4) is 0 Å². The van der Waals surface area contributed by atoms with E-state index in [1.54, 1.807) is 4.90 Å². The molecule has 1 aromatic rings. The maximum atomic E-state index is 12.3. The molecule has 5 heteroatoms. The summed E-state index contributed by atoms with van der Waals surface area (Å²) in [5.41, 5.74) is 0.977. The molecule has 130 valence electrons. The van der Waals surface area contributed by atoms with Crippen molar-refractivity contribution in [2.45, 2.75) is 46.2 Å². The van der Waals surface area contributed by atoms with Crippen molar-refractivity contribution in [2.24, 2.45) is 0 Å². The van der Waals surface area contributed by atoms with Crippen LogP contribution < -0.4 is 5.32 Å². The minimum Gasteiger partial charge on any atom is -0.338 e. The van der Waals surface area contributed by atoms with Crippen LogP contribution in [0.2, 0.25) is 5.02 Å². The third-order valence-corrected chi connectivity index (χ3v) is 4.45. The highest BCUT2D eigenvalue weighted by Crippen LogP contribution is 2.16. The Labute approximate surface area is 145 Å². The summed E-state index contributed by atoms with van der Waals surface area (Å²) in [7, 11) is 2.13. The van der Waals surface area contributed by atoms with Gasteiger partial charge in [0.05, 0.1) is 0 Å². The molecule has 0 aliphatic rings. The normalized spacial score (nSPS) is 11.1. The summed E-state index contributed by atoms with van der Waals surface area (Å²) in [5.74, 6) is 0. The van der Waals surface area contributed by atoms with Gasteiger partial charge >= 0.3 is 6.03 Å². The van der Waals surface area contributed by atoms with Gasteiger partial charge in [-0.1, -0.05) is 29.8 Å².